The fraction of sp³-hybridized carbons (Fsp3) is 0.333. The van der Waals surface area contributed by atoms with E-state index in [0.717, 1.165) is 6.07 Å². The van der Waals surface area contributed by atoms with Gasteiger partial charge in [0.2, 0.25) is 10.0 Å². The van der Waals surface area contributed by atoms with Crippen LogP contribution in [-0.4, -0.2) is 58.4 Å². The molecule has 0 spiro atoms. The minimum absolute atomic E-state index is 0.0121. The summed E-state index contributed by atoms with van der Waals surface area (Å²) in [6, 6.07) is 10.9. The number of rotatable bonds is 8. The SMILES string of the molecule is CC(=O)c1ccc(NS(=O)(=O)c2cccc(S(=O)(=O)NCC3CCN(C(=O)O)CC3)c2)cc1. The molecule has 1 fully saturated rings. The smallest absolute Gasteiger partial charge is 0.407 e. The summed E-state index contributed by atoms with van der Waals surface area (Å²) in [7, 11) is -8.04. The minimum atomic E-state index is -4.07. The Labute approximate surface area is 192 Å². The lowest BCUT2D eigenvalue weighted by Crippen LogP contribution is -2.40. The molecule has 0 atom stereocenters. The van der Waals surface area contributed by atoms with E-state index in [9.17, 15) is 26.4 Å². The molecule has 0 saturated carbocycles. The first-order chi connectivity index (χ1) is 15.5. The third-order valence-corrected chi connectivity index (χ3v) is 8.22. The summed E-state index contributed by atoms with van der Waals surface area (Å²) in [4.78, 5) is 23.2. The number of Topliss-reactive ketones (excluding diaryl/α,β-unsaturated/α-hetero) is 1. The standard InChI is InChI=1S/C21H25N3O7S2/c1-15(25)17-5-7-18(8-6-17)23-33(30,31)20-4-2-3-19(13-20)32(28,29)22-14-16-9-11-24(12-10-16)21(26)27/h2-8,13,16,22-23H,9-12,14H2,1H3,(H,26,27). The minimum Gasteiger partial charge on any atom is -0.465 e. The third-order valence-electron chi connectivity index (χ3n) is 5.42. The van der Waals surface area contributed by atoms with Crippen LogP contribution in [0.25, 0.3) is 0 Å². The molecular weight excluding hydrogens is 470 g/mol. The third kappa shape index (κ3) is 6.30. The van der Waals surface area contributed by atoms with E-state index in [0.29, 0.717) is 31.5 Å². The molecule has 1 saturated heterocycles. The molecule has 12 heteroatoms. The maximum absolute atomic E-state index is 12.7. The predicted octanol–water partition coefficient (Wildman–Crippen LogP) is 2.36. The molecule has 1 aliphatic rings. The summed E-state index contributed by atoms with van der Waals surface area (Å²) in [6.45, 7) is 2.22. The van der Waals surface area contributed by atoms with Crippen LogP contribution in [-0.2, 0) is 20.0 Å². The summed E-state index contributed by atoms with van der Waals surface area (Å²) >= 11 is 0. The molecule has 0 unspecified atom stereocenters. The highest BCUT2D eigenvalue weighted by Crippen LogP contribution is 2.21. The number of carbonyl (C=O) groups is 2. The van der Waals surface area contributed by atoms with E-state index in [1.54, 1.807) is 0 Å². The van der Waals surface area contributed by atoms with Crippen molar-refractivity contribution in [1.82, 2.24) is 9.62 Å². The normalized spacial score (nSPS) is 15.2. The first-order valence-electron chi connectivity index (χ1n) is 10.2. The van der Waals surface area contributed by atoms with Crippen molar-refractivity contribution in [3.63, 3.8) is 0 Å². The Bertz CT molecular complexity index is 1230. The molecule has 2 aromatic carbocycles. The molecular formula is C21H25N3O7S2. The zero-order chi connectivity index (χ0) is 24.2. The molecule has 0 bridgehead atoms. The number of ketones is 1. The summed E-state index contributed by atoms with van der Waals surface area (Å²) in [5, 5.41) is 9.00. The highest BCUT2D eigenvalue weighted by atomic mass is 32.2. The highest BCUT2D eigenvalue weighted by molar-refractivity contribution is 7.93. The second-order valence-corrected chi connectivity index (χ2v) is 11.2. The van der Waals surface area contributed by atoms with Crippen LogP contribution in [0.2, 0.25) is 0 Å². The van der Waals surface area contributed by atoms with Crippen molar-refractivity contribution in [2.45, 2.75) is 29.6 Å². The van der Waals surface area contributed by atoms with Crippen molar-refractivity contribution >= 4 is 37.6 Å². The van der Waals surface area contributed by atoms with Gasteiger partial charge >= 0.3 is 6.09 Å². The van der Waals surface area contributed by atoms with Gasteiger partial charge in [-0.2, -0.15) is 0 Å². The summed E-state index contributed by atoms with van der Waals surface area (Å²) in [6.07, 6.45) is 0.0842. The molecule has 3 N–H and O–H groups in total. The summed E-state index contributed by atoms with van der Waals surface area (Å²) in [5.74, 6) is -0.163. The number of nitrogens with zero attached hydrogens (tertiary/aromatic N) is 1. The number of nitrogens with one attached hydrogen (secondary N) is 2. The molecule has 1 heterocycles. The zero-order valence-corrected chi connectivity index (χ0v) is 19.5. The van der Waals surface area contributed by atoms with Crippen LogP contribution < -0.4 is 9.44 Å². The zero-order valence-electron chi connectivity index (χ0n) is 17.9. The second kappa shape index (κ2) is 9.89. The fourth-order valence-electron chi connectivity index (χ4n) is 3.43. The van der Waals surface area contributed by atoms with Crippen LogP contribution in [0.3, 0.4) is 0 Å². The molecule has 33 heavy (non-hydrogen) atoms. The topological polar surface area (TPSA) is 150 Å². The van der Waals surface area contributed by atoms with Gasteiger partial charge < -0.3 is 10.0 Å². The first-order valence-corrected chi connectivity index (χ1v) is 13.2. The van der Waals surface area contributed by atoms with Crippen LogP contribution in [0.4, 0.5) is 10.5 Å². The summed E-state index contributed by atoms with van der Waals surface area (Å²) in [5.41, 5.74) is 0.671. The second-order valence-electron chi connectivity index (χ2n) is 7.78. The maximum atomic E-state index is 12.7. The van der Waals surface area contributed by atoms with Gasteiger partial charge in [-0.1, -0.05) is 6.07 Å². The van der Waals surface area contributed by atoms with Gasteiger partial charge in [0, 0.05) is 30.9 Å². The number of amides is 1. The van der Waals surface area contributed by atoms with Crippen molar-refractivity contribution in [3.8, 4) is 0 Å². The largest absolute Gasteiger partial charge is 0.465 e. The Balaban J connectivity index is 1.68. The average Bonchev–Trinajstić information content (AvgIpc) is 2.78. The molecule has 0 radical (unpaired) electrons. The molecule has 0 aromatic heterocycles. The van der Waals surface area contributed by atoms with Crippen molar-refractivity contribution in [2.75, 3.05) is 24.4 Å². The Morgan fingerprint density at radius 2 is 1.55 bits per heavy atom. The molecule has 3 rings (SSSR count). The van der Waals surface area contributed by atoms with Crippen LogP contribution >= 0.6 is 0 Å². The van der Waals surface area contributed by atoms with Crippen molar-refractivity contribution in [2.24, 2.45) is 5.92 Å². The Hall–Kier alpha value is -2.96. The van der Waals surface area contributed by atoms with Gasteiger partial charge in [-0.25, -0.2) is 26.4 Å². The number of anilines is 1. The van der Waals surface area contributed by atoms with Gasteiger partial charge in [-0.05, 0) is 68.1 Å². The highest BCUT2D eigenvalue weighted by Gasteiger charge is 2.25. The number of benzene rings is 2. The van der Waals surface area contributed by atoms with Crippen LogP contribution in [0, 0.1) is 5.92 Å². The van der Waals surface area contributed by atoms with Crippen molar-refractivity contribution in [1.29, 1.82) is 0 Å². The number of hydrogen-bond donors (Lipinski definition) is 3. The quantitative estimate of drug-likeness (QED) is 0.476. The number of sulfonamides is 2. The van der Waals surface area contributed by atoms with Gasteiger partial charge in [-0.3, -0.25) is 9.52 Å². The lowest BCUT2D eigenvalue weighted by Gasteiger charge is -2.29. The number of carboxylic acid groups (broad SMARTS) is 1. The van der Waals surface area contributed by atoms with Gasteiger partial charge in [0.15, 0.2) is 5.78 Å². The number of carbonyl (C=O) groups excluding carboxylic acids is 1. The predicted molar refractivity (Wildman–Crippen MR) is 121 cm³/mol. The molecule has 178 valence electrons. The number of piperidine rings is 1. The first kappa shape index (κ1) is 24.7. The molecule has 1 aliphatic heterocycles. The maximum Gasteiger partial charge on any atom is 0.407 e. The van der Waals surface area contributed by atoms with Crippen LogP contribution in [0.15, 0.2) is 58.3 Å². The van der Waals surface area contributed by atoms with E-state index in [-0.39, 0.29) is 33.7 Å². The van der Waals surface area contributed by atoms with E-state index < -0.39 is 26.1 Å². The lowest BCUT2D eigenvalue weighted by molar-refractivity contribution is 0.101. The molecule has 1 amide bonds. The Morgan fingerprint density at radius 1 is 0.970 bits per heavy atom. The van der Waals surface area contributed by atoms with Gasteiger partial charge in [-0.15, -0.1) is 0 Å². The molecule has 2 aromatic rings. The summed E-state index contributed by atoms with van der Waals surface area (Å²) < 4.78 is 55.8. The molecule has 10 nitrogen and oxygen atoms in total. The van der Waals surface area contributed by atoms with E-state index >= 15 is 0 Å². The van der Waals surface area contributed by atoms with E-state index in [4.69, 9.17) is 5.11 Å². The van der Waals surface area contributed by atoms with Crippen molar-refractivity contribution in [3.05, 3.63) is 54.1 Å². The number of hydrogen-bond acceptors (Lipinski definition) is 6. The van der Waals surface area contributed by atoms with E-state index in [1.165, 1.54) is 54.3 Å². The van der Waals surface area contributed by atoms with Gasteiger partial charge in [0.05, 0.1) is 9.79 Å². The lowest BCUT2D eigenvalue weighted by atomic mass is 9.97. The van der Waals surface area contributed by atoms with Crippen LogP contribution in [0.1, 0.15) is 30.1 Å². The monoisotopic (exact) mass is 495 g/mol. The van der Waals surface area contributed by atoms with Gasteiger partial charge in [0.25, 0.3) is 10.0 Å². The van der Waals surface area contributed by atoms with E-state index in [2.05, 4.69) is 9.44 Å². The van der Waals surface area contributed by atoms with Crippen LogP contribution in [0.5, 0.6) is 0 Å². The van der Waals surface area contributed by atoms with Crippen molar-refractivity contribution < 1.29 is 31.5 Å². The fourth-order valence-corrected chi connectivity index (χ4v) is 5.78. The molecule has 0 aliphatic carbocycles. The average molecular weight is 496 g/mol. The Kier molecular flexibility index (Phi) is 7.40. The van der Waals surface area contributed by atoms with Gasteiger partial charge in [0.1, 0.15) is 0 Å². The Morgan fingerprint density at radius 3 is 2.09 bits per heavy atom. The number of likely N-dealkylation sites (tertiary alicyclic amines) is 1. The van der Waals surface area contributed by atoms with E-state index in [1.807, 2.05) is 0 Å².